The van der Waals surface area contributed by atoms with Crippen LogP contribution in [0, 0.1) is 23.7 Å². The molecule has 0 aromatic carbocycles. The molecule has 2 aliphatic carbocycles. The molecule has 4 fully saturated rings. The summed E-state index contributed by atoms with van der Waals surface area (Å²) >= 11 is 3.33. The van der Waals surface area contributed by atoms with Gasteiger partial charge in [-0.1, -0.05) is 53.6 Å². The largest absolute Gasteiger partial charge is 0.453 e. The summed E-state index contributed by atoms with van der Waals surface area (Å²) in [6, 6.07) is 0. The number of amides is 2. The first-order valence-electron chi connectivity index (χ1n) is 15.3. The van der Waals surface area contributed by atoms with Gasteiger partial charge in [-0.2, -0.15) is 0 Å². The highest BCUT2D eigenvalue weighted by atomic mass is 79.9. The van der Waals surface area contributed by atoms with Crippen molar-refractivity contribution in [3.8, 4) is 0 Å². The first kappa shape index (κ1) is 31.2. The summed E-state index contributed by atoms with van der Waals surface area (Å²) in [7, 11) is 0. The number of aliphatic hydroxyl groups is 2. The number of allylic oxidation sites excluding steroid dienone is 2. The highest BCUT2D eigenvalue weighted by Gasteiger charge is 2.80. The maximum absolute atomic E-state index is 12.3. The molecule has 6 aliphatic rings. The Bertz CT molecular complexity index is 1100. The maximum atomic E-state index is 12.3. The lowest BCUT2D eigenvalue weighted by Gasteiger charge is -2.54. The molecule has 0 unspecified atom stereocenters. The Morgan fingerprint density at radius 3 is 1.60 bits per heavy atom. The van der Waals surface area contributed by atoms with Crippen LogP contribution >= 0.6 is 15.9 Å². The van der Waals surface area contributed by atoms with Gasteiger partial charge in [0, 0.05) is 17.2 Å². The fourth-order valence-electron chi connectivity index (χ4n) is 8.16. The van der Waals surface area contributed by atoms with E-state index in [0.717, 1.165) is 44.9 Å². The summed E-state index contributed by atoms with van der Waals surface area (Å²) in [5, 5.41) is 27.9. The average molecular weight is 652 g/mol. The molecule has 10 atom stereocenters. The molecule has 0 bridgehead atoms. The van der Waals surface area contributed by atoms with Crippen LogP contribution < -0.4 is 10.6 Å². The SMILES string of the molecule is CCC[C@H]1C(=O)N[C@@]2([C@@H](O)[C@@H]3C=CCCC3)C(=O)O[C@@]12C.C[C@@]12OC(=O)[C@]1([C@@H](O)[C@@H]1C=CCCC1)NC(=O)[C@@H]2CCBr. The van der Waals surface area contributed by atoms with E-state index in [4.69, 9.17) is 9.47 Å². The van der Waals surface area contributed by atoms with Crippen LogP contribution in [0.4, 0.5) is 0 Å². The summed E-state index contributed by atoms with van der Waals surface area (Å²) in [6.45, 7) is 5.54. The molecule has 42 heavy (non-hydrogen) atoms. The molecule has 0 saturated carbocycles. The van der Waals surface area contributed by atoms with Gasteiger partial charge in [-0.25, -0.2) is 9.59 Å². The Kier molecular flexibility index (Phi) is 8.43. The van der Waals surface area contributed by atoms with E-state index < -0.39 is 52.3 Å². The topological polar surface area (TPSA) is 151 Å². The van der Waals surface area contributed by atoms with Gasteiger partial charge in [0.25, 0.3) is 0 Å². The highest BCUT2D eigenvalue weighted by Crippen LogP contribution is 2.54. The molecule has 6 rings (SSSR count). The van der Waals surface area contributed by atoms with E-state index in [2.05, 4.69) is 26.6 Å². The van der Waals surface area contributed by atoms with E-state index in [9.17, 15) is 29.4 Å². The third kappa shape index (κ3) is 4.24. The number of nitrogens with one attached hydrogen (secondary N) is 2. The lowest BCUT2D eigenvalue weighted by Crippen LogP contribution is -2.80. The predicted molar refractivity (Wildman–Crippen MR) is 156 cm³/mol. The monoisotopic (exact) mass is 650 g/mol. The number of rotatable bonds is 8. The third-order valence-corrected chi connectivity index (χ3v) is 11.1. The van der Waals surface area contributed by atoms with E-state index in [-0.39, 0.29) is 29.6 Å². The molecule has 0 aromatic rings. The van der Waals surface area contributed by atoms with Crippen LogP contribution in [-0.4, -0.2) is 73.8 Å². The van der Waals surface area contributed by atoms with Gasteiger partial charge in [0.15, 0.2) is 11.2 Å². The maximum Gasteiger partial charge on any atom is 0.339 e. The summed E-state index contributed by atoms with van der Waals surface area (Å²) in [4.78, 5) is 49.0. The molecule has 0 spiro atoms. The van der Waals surface area contributed by atoms with Gasteiger partial charge in [-0.05, 0) is 65.2 Å². The van der Waals surface area contributed by atoms with E-state index in [1.807, 2.05) is 31.2 Å². The number of halogens is 1. The van der Waals surface area contributed by atoms with E-state index >= 15 is 0 Å². The lowest BCUT2D eigenvalue weighted by atomic mass is 9.64. The Labute approximate surface area is 255 Å². The molecule has 0 radical (unpaired) electrons. The second-order valence-corrected chi connectivity index (χ2v) is 13.7. The number of carbonyl (C=O) groups excluding carboxylic acids is 4. The summed E-state index contributed by atoms with van der Waals surface area (Å²) in [5.74, 6) is -2.41. The quantitative estimate of drug-likeness (QED) is 0.178. The second-order valence-electron chi connectivity index (χ2n) is 12.9. The first-order valence-corrected chi connectivity index (χ1v) is 16.4. The molecule has 11 heteroatoms. The number of aliphatic hydroxyl groups excluding tert-OH is 2. The molecular weight excluding hydrogens is 608 g/mol. The van der Waals surface area contributed by atoms with Crippen LogP contribution in [0.1, 0.15) is 78.6 Å². The van der Waals surface area contributed by atoms with Crippen molar-refractivity contribution in [3.05, 3.63) is 24.3 Å². The molecular formula is C31H43BrN2O8. The Morgan fingerprint density at radius 2 is 1.26 bits per heavy atom. The van der Waals surface area contributed by atoms with Gasteiger partial charge in [-0.15, -0.1) is 0 Å². The Morgan fingerprint density at radius 1 is 0.833 bits per heavy atom. The minimum Gasteiger partial charge on any atom is -0.453 e. The van der Waals surface area contributed by atoms with Crippen molar-refractivity contribution in [1.29, 1.82) is 0 Å². The average Bonchev–Trinajstić information content (AvgIpc) is 3.27. The molecule has 232 valence electrons. The van der Waals surface area contributed by atoms with Crippen LogP contribution in [0.5, 0.6) is 0 Å². The number of ether oxygens (including phenoxy) is 2. The van der Waals surface area contributed by atoms with Crippen LogP contribution in [0.3, 0.4) is 0 Å². The molecule has 4 saturated heterocycles. The molecule has 4 aliphatic heterocycles. The zero-order valence-electron chi connectivity index (χ0n) is 24.6. The molecule has 4 heterocycles. The number of carbonyl (C=O) groups is 4. The minimum atomic E-state index is -1.29. The van der Waals surface area contributed by atoms with Gasteiger partial charge in [0.05, 0.1) is 24.0 Å². The summed E-state index contributed by atoms with van der Waals surface area (Å²) in [5.41, 5.74) is -4.44. The van der Waals surface area contributed by atoms with Crippen LogP contribution in [-0.2, 0) is 28.7 Å². The van der Waals surface area contributed by atoms with Crippen molar-refractivity contribution in [2.24, 2.45) is 23.7 Å². The number of fused-ring (bicyclic) bond motifs is 2. The number of esters is 2. The normalized spacial score (nSPS) is 42.8. The Balaban J connectivity index is 0.000000168. The zero-order valence-corrected chi connectivity index (χ0v) is 26.2. The van der Waals surface area contributed by atoms with Crippen molar-refractivity contribution >= 4 is 39.7 Å². The fourth-order valence-corrected chi connectivity index (χ4v) is 8.62. The highest BCUT2D eigenvalue weighted by molar-refractivity contribution is 9.09. The van der Waals surface area contributed by atoms with E-state index in [0.29, 0.717) is 18.2 Å². The van der Waals surface area contributed by atoms with E-state index in [1.54, 1.807) is 13.8 Å². The van der Waals surface area contributed by atoms with Crippen molar-refractivity contribution in [2.75, 3.05) is 5.33 Å². The summed E-state index contributed by atoms with van der Waals surface area (Å²) in [6.07, 6.45) is 13.8. The Hall–Kier alpha value is -2.24. The first-order chi connectivity index (χ1) is 19.9. The zero-order chi connectivity index (χ0) is 30.5. The number of hydrogen-bond acceptors (Lipinski definition) is 8. The van der Waals surface area contributed by atoms with Gasteiger partial charge in [0.2, 0.25) is 22.9 Å². The summed E-state index contributed by atoms with van der Waals surface area (Å²) < 4.78 is 10.8. The van der Waals surface area contributed by atoms with Crippen molar-refractivity contribution in [3.63, 3.8) is 0 Å². The molecule has 0 aromatic heterocycles. The minimum absolute atomic E-state index is 0.105. The molecule has 4 N–H and O–H groups in total. The number of alkyl halides is 1. The predicted octanol–water partition coefficient (Wildman–Crippen LogP) is 2.59. The number of hydrogen-bond donors (Lipinski definition) is 4. The third-order valence-electron chi connectivity index (χ3n) is 10.7. The van der Waals surface area contributed by atoms with Crippen molar-refractivity contribution in [1.82, 2.24) is 10.6 Å². The fraction of sp³-hybridized carbons (Fsp3) is 0.742. The lowest BCUT2D eigenvalue weighted by molar-refractivity contribution is -0.239. The second kappa shape index (κ2) is 11.4. The smallest absolute Gasteiger partial charge is 0.339 e. The van der Waals surface area contributed by atoms with Gasteiger partial charge in [-0.3, -0.25) is 9.59 Å². The van der Waals surface area contributed by atoms with Crippen molar-refractivity contribution < 1.29 is 38.9 Å². The van der Waals surface area contributed by atoms with Gasteiger partial charge < -0.3 is 30.3 Å². The van der Waals surface area contributed by atoms with Crippen LogP contribution in [0.25, 0.3) is 0 Å². The molecule has 2 amide bonds. The molecule has 10 nitrogen and oxygen atoms in total. The standard InChI is InChI=1S/C16H23NO4.C15H20BrNO4/c1-3-7-11-13(19)17-16(14(20)21-15(11,16)2)12(18)10-8-5-4-6-9-10;1-14-10(7-8-16)12(19)17-15(14,13(20)21-14)11(18)9-5-3-2-4-6-9/h5,8,10-12,18H,3-4,6-7,9H2,1-2H3,(H,17,19);3,5,9-11,18H,2,4,6-8H2,1H3,(H,17,19)/t10-,11+,12+,15+,16+;9-,10+,11+,14+,15+/m11/s1. The van der Waals surface area contributed by atoms with Gasteiger partial charge >= 0.3 is 11.9 Å². The van der Waals surface area contributed by atoms with Crippen LogP contribution in [0.2, 0.25) is 0 Å². The van der Waals surface area contributed by atoms with E-state index in [1.165, 1.54) is 0 Å². The van der Waals surface area contributed by atoms with Crippen LogP contribution in [0.15, 0.2) is 24.3 Å². The van der Waals surface area contributed by atoms with Crippen molar-refractivity contribution in [2.45, 2.75) is 113 Å². The van der Waals surface area contributed by atoms with Gasteiger partial charge in [0.1, 0.15) is 0 Å².